The monoisotopic (exact) mass is 565 g/mol. The van der Waals surface area contributed by atoms with Crippen molar-refractivity contribution in [3.05, 3.63) is 30.0 Å². The van der Waals surface area contributed by atoms with Gasteiger partial charge in [-0.2, -0.15) is 4.98 Å². The van der Waals surface area contributed by atoms with E-state index in [2.05, 4.69) is 32.8 Å². The van der Waals surface area contributed by atoms with Gasteiger partial charge >= 0.3 is 0 Å². The maximum atomic E-state index is 13.2. The van der Waals surface area contributed by atoms with Crippen LogP contribution in [0.25, 0.3) is 0 Å². The molecule has 0 unspecified atom stereocenters. The number of nitrogens with one attached hydrogen (secondary N) is 3. The fourth-order valence-electron chi connectivity index (χ4n) is 6.09. The Labute approximate surface area is 242 Å². The number of nitrogens with zero attached hydrogens (tertiary/aromatic N) is 4. The van der Waals surface area contributed by atoms with E-state index >= 15 is 0 Å². The molecule has 1 aromatic heterocycles. The first kappa shape index (κ1) is 29.1. The Morgan fingerprint density at radius 3 is 2.68 bits per heavy atom. The molecule has 1 atom stereocenters. The molecule has 3 aliphatic rings. The molecule has 222 valence electrons. The van der Waals surface area contributed by atoms with Crippen LogP contribution in [-0.4, -0.2) is 80.4 Å². The Bertz CT molecular complexity index is 1210. The number of carbonyl (C=O) groups excluding carboxylic acids is 2. The second-order valence-electron chi connectivity index (χ2n) is 11.0. The molecule has 11 nitrogen and oxygen atoms in total. The summed E-state index contributed by atoms with van der Waals surface area (Å²) in [4.78, 5) is 39.3. The van der Waals surface area contributed by atoms with Crippen LogP contribution in [0.5, 0.6) is 5.75 Å². The van der Waals surface area contributed by atoms with Gasteiger partial charge in [0.2, 0.25) is 11.9 Å². The van der Waals surface area contributed by atoms with E-state index in [0.29, 0.717) is 54.7 Å². The number of hydrogen-bond acceptors (Lipinski definition) is 9. The summed E-state index contributed by atoms with van der Waals surface area (Å²) < 4.78 is 11.5. The molecule has 41 heavy (non-hydrogen) atoms. The van der Waals surface area contributed by atoms with Gasteiger partial charge < -0.3 is 35.2 Å². The first-order chi connectivity index (χ1) is 20.0. The van der Waals surface area contributed by atoms with Gasteiger partial charge in [-0.05, 0) is 69.8 Å². The highest BCUT2D eigenvalue weighted by atomic mass is 16.5. The van der Waals surface area contributed by atoms with Gasteiger partial charge in [-0.25, -0.2) is 4.98 Å². The summed E-state index contributed by atoms with van der Waals surface area (Å²) in [5, 5.41) is 9.57. The number of fused-ring (bicyclic) bond motifs is 1. The number of carbonyl (C=O) groups is 2. The molecule has 2 fully saturated rings. The van der Waals surface area contributed by atoms with Gasteiger partial charge in [0, 0.05) is 31.8 Å². The summed E-state index contributed by atoms with van der Waals surface area (Å²) in [7, 11) is 3.36. The largest absolute Gasteiger partial charge is 0.495 e. The molecule has 1 saturated heterocycles. The van der Waals surface area contributed by atoms with Crippen molar-refractivity contribution in [1.82, 2.24) is 20.6 Å². The van der Waals surface area contributed by atoms with Gasteiger partial charge in [-0.15, -0.1) is 0 Å². The number of rotatable bonds is 11. The number of hydrogen-bond donors (Lipinski definition) is 3. The van der Waals surface area contributed by atoms with E-state index in [1.54, 1.807) is 43.5 Å². The van der Waals surface area contributed by atoms with E-state index in [9.17, 15) is 9.59 Å². The third kappa shape index (κ3) is 6.56. The Hall–Kier alpha value is -3.44. The minimum atomic E-state index is -0.234. The number of methoxy groups -OCH3 is 1. The molecule has 1 saturated carbocycles. The molecule has 0 radical (unpaired) electrons. The molecule has 2 aromatic rings. The summed E-state index contributed by atoms with van der Waals surface area (Å²) in [5.74, 6) is 1.63. The van der Waals surface area contributed by atoms with Gasteiger partial charge in [-0.1, -0.05) is 19.8 Å². The second-order valence-corrected chi connectivity index (χ2v) is 11.0. The first-order valence-corrected chi connectivity index (χ1v) is 15.0. The lowest BCUT2D eigenvalue weighted by molar-refractivity contribution is -0.120. The van der Waals surface area contributed by atoms with Crippen LogP contribution in [0.15, 0.2) is 24.4 Å². The standard InChI is InChI=1S/C30H43N7O4/c1-4-24-29(39)36(2)25-19-33-30(35-27(25)37(24)21-8-5-6-9-21)34-23-11-10-20(18-26(23)40-3)28(38)32-14-7-17-41-22-12-15-31-16-13-22/h10-11,18-19,21-22,24,31H,4-9,12-17H2,1-3H3,(H,32,38)(H,33,34,35)/t24-/m1/s1. The highest BCUT2D eigenvalue weighted by molar-refractivity contribution is 6.04. The van der Waals surface area contributed by atoms with Crippen LogP contribution in [0.2, 0.25) is 0 Å². The van der Waals surface area contributed by atoms with Crippen LogP contribution in [0, 0.1) is 0 Å². The zero-order valence-corrected chi connectivity index (χ0v) is 24.4. The van der Waals surface area contributed by atoms with Crippen molar-refractivity contribution >= 4 is 35.0 Å². The molecule has 0 bridgehead atoms. The SMILES string of the molecule is CC[C@@H]1C(=O)N(C)c2cnc(Nc3ccc(C(=O)NCCCOC4CCNCC4)cc3OC)nc2N1C1CCCC1. The van der Waals surface area contributed by atoms with Crippen LogP contribution in [0.4, 0.5) is 23.1 Å². The van der Waals surface area contributed by atoms with Crippen LogP contribution in [0.1, 0.15) is 68.6 Å². The van der Waals surface area contributed by atoms with Crippen molar-refractivity contribution in [2.24, 2.45) is 0 Å². The summed E-state index contributed by atoms with van der Waals surface area (Å²) in [6.45, 7) is 5.24. The topological polar surface area (TPSA) is 121 Å². The third-order valence-corrected chi connectivity index (χ3v) is 8.37. The van der Waals surface area contributed by atoms with E-state index in [4.69, 9.17) is 14.5 Å². The van der Waals surface area contributed by atoms with E-state index in [1.165, 1.54) is 0 Å². The summed E-state index contributed by atoms with van der Waals surface area (Å²) in [6, 6.07) is 5.33. The van der Waals surface area contributed by atoms with Crippen LogP contribution >= 0.6 is 0 Å². The highest BCUT2D eigenvalue weighted by Crippen LogP contribution is 2.40. The van der Waals surface area contributed by atoms with Crippen LogP contribution in [0.3, 0.4) is 0 Å². The van der Waals surface area contributed by atoms with Crippen molar-refractivity contribution in [3.63, 3.8) is 0 Å². The van der Waals surface area contributed by atoms with Crippen molar-refractivity contribution in [3.8, 4) is 5.75 Å². The quantitative estimate of drug-likeness (QED) is 0.351. The van der Waals surface area contributed by atoms with Gasteiger partial charge in [0.05, 0.1) is 25.1 Å². The zero-order chi connectivity index (χ0) is 28.8. The molecule has 1 aromatic carbocycles. The number of piperidine rings is 1. The molecular weight excluding hydrogens is 522 g/mol. The number of ether oxygens (including phenoxy) is 2. The number of likely N-dealkylation sites (N-methyl/N-ethyl adjacent to an activating group) is 1. The van der Waals surface area contributed by atoms with Crippen molar-refractivity contribution in [1.29, 1.82) is 0 Å². The van der Waals surface area contributed by atoms with E-state index in [0.717, 1.165) is 69.5 Å². The molecule has 5 rings (SSSR count). The second kappa shape index (κ2) is 13.5. The predicted molar refractivity (Wildman–Crippen MR) is 159 cm³/mol. The average Bonchev–Trinajstić information content (AvgIpc) is 3.54. The fraction of sp³-hybridized carbons (Fsp3) is 0.600. The lowest BCUT2D eigenvalue weighted by atomic mass is 10.0. The normalized spacial score (nSPS) is 19.8. The van der Waals surface area contributed by atoms with Gasteiger partial charge in [-0.3, -0.25) is 9.59 Å². The Morgan fingerprint density at radius 2 is 1.95 bits per heavy atom. The lowest BCUT2D eigenvalue weighted by Gasteiger charge is -2.43. The molecule has 2 amide bonds. The van der Waals surface area contributed by atoms with Gasteiger partial charge in [0.1, 0.15) is 17.5 Å². The summed E-state index contributed by atoms with van der Waals surface area (Å²) >= 11 is 0. The summed E-state index contributed by atoms with van der Waals surface area (Å²) in [5.41, 5.74) is 1.88. The number of anilines is 4. The zero-order valence-electron chi connectivity index (χ0n) is 24.4. The molecule has 3 heterocycles. The van der Waals surface area contributed by atoms with Gasteiger partial charge in [0.25, 0.3) is 5.91 Å². The molecule has 3 N–H and O–H groups in total. The number of amides is 2. The van der Waals surface area contributed by atoms with E-state index < -0.39 is 0 Å². The van der Waals surface area contributed by atoms with E-state index in [1.807, 2.05) is 0 Å². The van der Waals surface area contributed by atoms with Crippen LogP contribution in [-0.2, 0) is 9.53 Å². The minimum Gasteiger partial charge on any atom is -0.495 e. The van der Waals surface area contributed by atoms with Crippen molar-refractivity contribution in [2.45, 2.75) is 76.5 Å². The Kier molecular flexibility index (Phi) is 9.56. The minimum absolute atomic E-state index is 0.0843. The first-order valence-electron chi connectivity index (χ1n) is 15.0. The molecule has 2 aliphatic heterocycles. The third-order valence-electron chi connectivity index (χ3n) is 8.37. The van der Waals surface area contributed by atoms with Crippen LogP contribution < -0.4 is 30.5 Å². The Balaban J connectivity index is 1.25. The van der Waals surface area contributed by atoms with E-state index in [-0.39, 0.29) is 17.9 Å². The van der Waals surface area contributed by atoms with Gasteiger partial charge in [0.15, 0.2) is 5.82 Å². The van der Waals surface area contributed by atoms with Crippen molar-refractivity contribution in [2.75, 3.05) is 55.5 Å². The average molecular weight is 566 g/mol. The smallest absolute Gasteiger partial charge is 0.251 e. The maximum Gasteiger partial charge on any atom is 0.251 e. The molecular formula is C30H43N7O4. The maximum absolute atomic E-state index is 13.2. The van der Waals surface area contributed by atoms with Crippen molar-refractivity contribution < 1.29 is 19.1 Å². The number of benzene rings is 1. The molecule has 1 aliphatic carbocycles. The predicted octanol–water partition coefficient (Wildman–Crippen LogP) is 3.62. The summed E-state index contributed by atoms with van der Waals surface area (Å²) in [6.07, 6.45) is 10.0. The Morgan fingerprint density at radius 1 is 1.17 bits per heavy atom. The highest BCUT2D eigenvalue weighted by Gasteiger charge is 2.41. The number of aromatic nitrogens is 2. The lowest BCUT2D eigenvalue weighted by Crippen LogP contribution is -2.55. The molecule has 0 spiro atoms. The fourth-order valence-corrected chi connectivity index (χ4v) is 6.09. The molecule has 11 heteroatoms.